The molecule has 0 aliphatic carbocycles. The van der Waals surface area contributed by atoms with Gasteiger partial charge in [-0.15, -0.1) is 0 Å². The van der Waals surface area contributed by atoms with E-state index in [1.165, 1.54) is 5.56 Å². The Morgan fingerprint density at radius 2 is 1.71 bits per heavy atom. The predicted octanol–water partition coefficient (Wildman–Crippen LogP) is 3.10. The van der Waals surface area contributed by atoms with Crippen LogP contribution in [0.3, 0.4) is 0 Å². The quantitative estimate of drug-likeness (QED) is 0.600. The molecule has 0 bridgehead atoms. The topological polar surface area (TPSA) is 35.2 Å². The van der Waals surface area contributed by atoms with Crippen LogP contribution in [0.25, 0.3) is 0 Å². The van der Waals surface area contributed by atoms with Gasteiger partial charge in [0.05, 0.1) is 0 Å². The first-order valence-corrected chi connectivity index (χ1v) is 8.27. The van der Waals surface area contributed by atoms with E-state index in [4.69, 9.17) is 10.2 Å². The number of benzene rings is 1. The van der Waals surface area contributed by atoms with Crippen LogP contribution in [0.5, 0.6) is 5.75 Å². The van der Waals surface area contributed by atoms with Crippen LogP contribution in [0, 0.1) is 13.8 Å². The van der Waals surface area contributed by atoms with Crippen LogP contribution in [0.4, 0.5) is 5.69 Å². The highest BCUT2D eigenvalue weighted by atomic mass is 28.4. The van der Waals surface area contributed by atoms with Crippen LogP contribution in [0.2, 0.25) is 19.6 Å². The van der Waals surface area contributed by atoms with Crippen LogP contribution in [0.15, 0.2) is 12.1 Å². The standard InChI is InChI=1S/C11H19NOSi/c1-8-6-7-10(12)9(2)11(8)13-14(3,4)5/h6-7H,12H2,1-5H3. The van der Waals surface area contributed by atoms with E-state index in [-0.39, 0.29) is 0 Å². The Labute approximate surface area is 87.2 Å². The molecule has 0 aliphatic rings. The fourth-order valence-corrected chi connectivity index (χ4v) is 2.23. The molecule has 0 heterocycles. The molecule has 0 spiro atoms. The minimum Gasteiger partial charge on any atom is -0.544 e. The van der Waals surface area contributed by atoms with Gasteiger partial charge in [-0.25, -0.2) is 0 Å². The summed E-state index contributed by atoms with van der Waals surface area (Å²) in [4.78, 5) is 0. The van der Waals surface area contributed by atoms with Crippen molar-refractivity contribution in [1.82, 2.24) is 0 Å². The highest BCUT2D eigenvalue weighted by Gasteiger charge is 2.19. The molecule has 1 aromatic rings. The Kier molecular flexibility index (Phi) is 2.90. The Bertz CT molecular complexity index is 342. The van der Waals surface area contributed by atoms with E-state index in [2.05, 4.69) is 26.6 Å². The minimum atomic E-state index is -1.54. The van der Waals surface area contributed by atoms with Gasteiger partial charge in [0, 0.05) is 11.3 Å². The number of nitrogen functional groups attached to an aromatic ring is 1. The lowest BCUT2D eigenvalue weighted by Gasteiger charge is -2.23. The second-order valence-corrected chi connectivity index (χ2v) is 9.07. The fraction of sp³-hybridized carbons (Fsp3) is 0.455. The molecule has 0 radical (unpaired) electrons. The Morgan fingerprint density at radius 3 is 2.21 bits per heavy atom. The van der Waals surface area contributed by atoms with Gasteiger partial charge in [0.2, 0.25) is 8.32 Å². The summed E-state index contributed by atoms with van der Waals surface area (Å²) < 4.78 is 6.00. The first-order chi connectivity index (χ1) is 6.31. The number of aryl methyl sites for hydroxylation is 1. The molecular weight excluding hydrogens is 190 g/mol. The van der Waals surface area contributed by atoms with Crippen molar-refractivity contribution in [2.75, 3.05) is 5.73 Å². The van der Waals surface area contributed by atoms with Crippen molar-refractivity contribution < 1.29 is 4.43 Å². The molecule has 0 fully saturated rings. The third-order valence-corrected chi connectivity index (χ3v) is 2.87. The largest absolute Gasteiger partial charge is 0.544 e. The molecule has 3 heteroatoms. The highest BCUT2D eigenvalue weighted by Crippen LogP contribution is 2.29. The summed E-state index contributed by atoms with van der Waals surface area (Å²) in [6, 6.07) is 3.94. The van der Waals surface area contributed by atoms with Gasteiger partial charge in [0.25, 0.3) is 0 Å². The van der Waals surface area contributed by atoms with Crippen LogP contribution in [-0.2, 0) is 0 Å². The second-order valence-electron chi connectivity index (χ2n) is 4.64. The summed E-state index contributed by atoms with van der Waals surface area (Å²) in [6.45, 7) is 10.6. The van der Waals surface area contributed by atoms with E-state index in [1.807, 2.05) is 19.1 Å². The zero-order valence-electron chi connectivity index (χ0n) is 9.64. The summed E-state index contributed by atoms with van der Waals surface area (Å²) in [5.74, 6) is 0.976. The molecule has 0 unspecified atom stereocenters. The molecule has 78 valence electrons. The lowest BCUT2D eigenvalue weighted by atomic mass is 10.1. The normalized spacial score (nSPS) is 11.5. The van der Waals surface area contributed by atoms with Gasteiger partial charge in [-0.1, -0.05) is 6.07 Å². The second kappa shape index (κ2) is 3.65. The van der Waals surface area contributed by atoms with Gasteiger partial charge < -0.3 is 10.2 Å². The van der Waals surface area contributed by atoms with Gasteiger partial charge >= 0.3 is 0 Å². The first-order valence-electron chi connectivity index (χ1n) is 4.86. The maximum absolute atomic E-state index is 6.00. The smallest absolute Gasteiger partial charge is 0.242 e. The summed E-state index contributed by atoms with van der Waals surface area (Å²) in [5.41, 5.74) is 8.88. The number of hydrogen-bond acceptors (Lipinski definition) is 2. The van der Waals surface area contributed by atoms with Gasteiger partial charge in [0.15, 0.2) is 0 Å². The molecule has 0 amide bonds. The number of nitrogens with two attached hydrogens (primary N) is 1. The molecular formula is C11H19NOSi. The molecule has 0 aromatic heterocycles. The molecule has 0 aliphatic heterocycles. The predicted molar refractivity (Wildman–Crippen MR) is 64.3 cm³/mol. The van der Waals surface area contributed by atoms with Crippen molar-refractivity contribution in [2.45, 2.75) is 33.5 Å². The maximum Gasteiger partial charge on any atom is 0.242 e. The molecule has 1 rings (SSSR count). The van der Waals surface area contributed by atoms with Crippen LogP contribution in [-0.4, -0.2) is 8.32 Å². The lowest BCUT2D eigenvalue weighted by molar-refractivity contribution is 0.549. The van der Waals surface area contributed by atoms with Gasteiger partial charge in [-0.3, -0.25) is 0 Å². The summed E-state index contributed by atoms with van der Waals surface area (Å²) in [7, 11) is -1.54. The SMILES string of the molecule is Cc1ccc(N)c(C)c1O[Si](C)(C)C. The number of rotatable bonds is 2. The van der Waals surface area contributed by atoms with Crippen molar-refractivity contribution in [3.63, 3.8) is 0 Å². The molecule has 1 aromatic carbocycles. The Balaban J connectivity index is 3.13. The van der Waals surface area contributed by atoms with E-state index in [1.54, 1.807) is 0 Å². The van der Waals surface area contributed by atoms with Crippen molar-refractivity contribution in [3.05, 3.63) is 23.3 Å². The van der Waals surface area contributed by atoms with E-state index in [0.29, 0.717) is 0 Å². The highest BCUT2D eigenvalue weighted by molar-refractivity contribution is 6.70. The van der Waals surface area contributed by atoms with Crippen LogP contribution in [0.1, 0.15) is 11.1 Å². The molecule has 0 saturated carbocycles. The number of anilines is 1. The number of hydrogen-bond donors (Lipinski definition) is 1. The minimum absolute atomic E-state index is 0.809. The van der Waals surface area contributed by atoms with E-state index < -0.39 is 8.32 Å². The van der Waals surface area contributed by atoms with Crippen molar-refractivity contribution >= 4 is 14.0 Å². The van der Waals surface area contributed by atoms with E-state index in [0.717, 1.165) is 17.0 Å². The first kappa shape index (κ1) is 11.1. The molecule has 0 atom stereocenters. The van der Waals surface area contributed by atoms with Gasteiger partial charge in [-0.2, -0.15) is 0 Å². The zero-order valence-corrected chi connectivity index (χ0v) is 10.6. The molecule has 2 N–H and O–H groups in total. The summed E-state index contributed by atoms with van der Waals surface area (Å²) in [5, 5.41) is 0. The average molecular weight is 209 g/mol. The van der Waals surface area contributed by atoms with Crippen LogP contribution >= 0.6 is 0 Å². The average Bonchev–Trinajstić information content (AvgIpc) is 2.04. The zero-order chi connectivity index (χ0) is 10.9. The molecule has 14 heavy (non-hydrogen) atoms. The van der Waals surface area contributed by atoms with Gasteiger partial charge in [0.1, 0.15) is 5.75 Å². The lowest BCUT2D eigenvalue weighted by Crippen LogP contribution is -2.30. The van der Waals surface area contributed by atoms with Crippen LogP contribution < -0.4 is 10.2 Å². The van der Waals surface area contributed by atoms with E-state index >= 15 is 0 Å². The summed E-state index contributed by atoms with van der Waals surface area (Å²) >= 11 is 0. The molecule has 2 nitrogen and oxygen atoms in total. The van der Waals surface area contributed by atoms with Crippen molar-refractivity contribution in [3.8, 4) is 5.75 Å². The van der Waals surface area contributed by atoms with Gasteiger partial charge in [-0.05, 0) is 45.1 Å². The van der Waals surface area contributed by atoms with Crippen molar-refractivity contribution in [1.29, 1.82) is 0 Å². The fourth-order valence-electron chi connectivity index (χ4n) is 1.31. The monoisotopic (exact) mass is 209 g/mol. The van der Waals surface area contributed by atoms with Crippen molar-refractivity contribution in [2.24, 2.45) is 0 Å². The Morgan fingerprint density at radius 1 is 1.14 bits per heavy atom. The Hall–Kier alpha value is -0.963. The third-order valence-electron chi connectivity index (χ3n) is 2.05. The van der Waals surface area contributed by atoms with E-state index in [9.17, 15) is 0 Å². The third kappa shape index (κ3) is 2.51. The summed E-state index contributed by atoms with van der Waals surface area (Å²) in [6.07, 6.45) is 0. The molecule has 0 saturated heterocycles. The maximum atomic E-state index is 6.00.